The Morgan fingerprint density at radius 2 is 1.65 bits per heavy atom. The number of hydrogen-bond donors (Lipinski definition) is 1. The average molecular weight is 326 g/mol. The largest absolute Gasteiger partial charge is 0.313 e. The summed E-state index contributed by atoms with van der Waals surface area (Å²) in [4.78, 5) is 1.26. The second-order valence-corrected chi connectivity index (χ2v) is 6.21. The van der Waals surface area contributed by atoms with Gasteiger partial charge < -0.3 is 5.32 Å². The minimum Gasteiger partial charge on any atom is -0.313 e. The monoisotopic (exact) mass is 325 g/mol. The van der Waals surface area contributed by atoms with Crippen molar-refractivity contribution in [1.29, 1.82) is 0 Å². The standard InChI is InChI=1S/C16H17Cl2NS/c1-19-16(11-6-8-12(20-2)9-7-11)10-13-14(17)4-3-5-15(13)18/h3-9,16,19H,10H2,1-2H3. The molecule has 2 aromatic carbocycles. The van der Waals surface area contributed by atoms with Crippen LogP contribution in [0.25, 0.3) is 0 Å². The molecular formula is C16H17Cl2NS. The van der Waals surface area contributed by atoms with Gasteiger partial charge in [-0.2, -0.15) is 0 Å². The van der Waals surface area contributed by atoms with Gasteiger partial charge in [0.25, 0.3) is 0 Å². The molecule has 0 aliphatic heterocycles. The molecule has 0 amide bonds. The van der Waals surface area contributed by atoms with E-state index < -0.39 is 0 Å². The normalized spacial score (nSPS) is 12.4. The number of hydrogen-bond acceptors (Lipinski definition) is 2. The highest BCUT2D eigenvalue weighted by molar-refractivity contribution is 7.98. The van der Waals surface area contributed by atoms with E-state index >= 15 is 0 Å². The Kier molecular flexibility index (Phi) is 5.79. The van der Waals surface area contributed by atoms with Crippen LogP contribution in [-0.2, 0) is 6.42 Å². The zero-order valence-corrected chi connectivity index (χ0v) is 13.8. The van der Waals surface area contributed by atoms with Gasteiger partial charge in [-0.3, -0.25) is 0 Å². The molecule has 0 aromatic heterocycles. The van der Waals surface area contributed by atoms with Gasteiger partial charge in [-0.25, -0.2) is 0 Å². The third-order valence-electron chi connectivity index (χ3n) is 3.34. The summed E-state index contributed by atoms with van der Waals surface area (Å²) in [7, 11) is 1.96. The van der Waals surface area contributed by atoms with Crippen LogP contribution in [0.3, 0.4) is 0 Å². The molecule has 0 spiro atoms. The van der Waals surface area contributed by atoms with Gasteiger partial charge in [-0.15, -0.1) is 11.8 Å². The minimum atomic E-state index is 0.198. The van der Waals surface area contributed by atoms with Crippen LogP contribution in [0.4, 0.5) is 0 Å². The predicted octanol–water partition coefficient (Wildman–Crippen LogP) is 5.22. The number of nitrogens with one attached hydrogen (secondary N) is 1. The van der Waals surface area contributed by atoms with Crippen LogP contribution >= 0.6 is 35.0 Å². The van der Waals surface area contributed by atoms with Gasteiger partial charge in [0.05, 0.1) is 0 Å². The first-order chi connectivity index (χ1) is 9.65. The zero-order valence-electron chi connectivity index (χ0n) is 11.5. The quantitative estimate of drug-likeness (QED) is 0.756. The molecule has 106 valence electrons. The molecule has 0 fully saturated rings. The average Bonchev–Trinajstić information content (AvgIpc) is 2.47. The van der Waals surface area contributed by atoms with Crippen molar-refractivity contribution in [2.45, 2.75) is 17.4 Å². The van der Waals surface area contributed by atoms with E-state index in [1.54, 1.807) is 11.8 Å². The van der Waals surface area contributed by atoms with Gasteiger partial charge in [0.2, 0.25) is 0 Å². The van der Waals surface area contributed by atoms with Crippen LogP contribution in [0.15, 0.2) is 47.4 Å². The SMILES string of the molecule is CNC(Cc1c(Cl)cccc1Cl)c1ccc(SC)cc1. The third kappa shape index (κ3) is 3.70. The molecule has 0 aliphatic carbocycles. The molecule has 1 N–H and O–H groups in total. The van der Waals surface area contributed by atoms with E-state index in [1.165, 1.54) is 10.5 Å². The van der Waals surface area contributed by atoms with Crippen LogP contribution in [-0.4, -0.2) is 13.3 Å². The maximum atomic E-state index is 6.25. The van der Waals surface area contributed by atoms with Crippen LogP contribution < -0.4 is 5.32 Å². The predicted molar refractivity (Wildman–Crippen MR) is 90.2 cm³/mol. The maximum Gasteiger partial charge on any atom is 0.0453 e. The summed E-state index contributed by atoms with van der Waals surface area (Å²) >= 11 is 14.2. The zero-order chi connectivity index (χ0) is 14.5. The van der Waals surface area contributed by atoms with Gasteiger partial charge in [0, 0.05) is 21.0 Å². The van der Waals surface area contributed by atoms with E-state index in [4.69, 9.17) is 23.2 Å². The highest BCUT2D eigenvalue weighted by atomic mass is 35.5. The fourth-order valence-electron chi connectivity index (χ4n) is 2.15. The minimum absolute atomic E-state index is 0.198. The lowest BCUT2D eigenvalue weighted by Gasteiger charge is -2.18. The Morgan fingerprint density at radius 1 is 1.05 bits per heavy atom. The summed E-state index contributed by atoms with van der Waals surface area (Å²) in [5.74, 6) is 0. The maximum absolute atomic E-state index is 6.25. The van der Waals surface area contributed by atoms with E-state index in [0.29, 0.717) is 0 Å². The summed E-state index contributed by atoms with van der Waals surface area (Å²) in [6, 6.07) is 14.4. The first-order valence-corrected chi connectivity index (χ1v) is 8.38. The van der Waals surface area contributed by atoms with E-state index in [9.17, 15) is 0 Å². The van der Waals surface area contributed by atoms with Gasteiger partial charge >= 0.3 is 0 Å². The molecule has 2 rings (SSSR count). The number of halogens is 2. The third-order valence-corrected chi connectivity index (χ3v) is 4.79. The first-order valence-electron chi connectivity index (χ1n) is 6.39. The summed E-state index contributed by atoms with van der Waals surface area (Å²) in [6.07, 6.45) is 2.85. The summed E-state index contributed by atoms with van der Waals surface area (Å²) < 4.78 is 0. The lowest BCUT2D eigenvalue weighted by molar-refractivity contribution is 0.592. The Morgan fingerprint density at radius 3 is 2.15 bits per heavy atom. The van der Waals surface area contributed by atoms with E-state index in [0.717, 1.165) is 22.0 Å². The molecule has 0 bridgehead atoms. The van der Waals surface area contributed by atoms with Crippen molar-refractivity contribution in [2.75, 3.05) is 13.3 Å². The van der Waals surface area contributed by atoms with Crippen molar-refractivity contribution in [3.63, 3.8) is 0 Å². The van der Waals surface area contributed by atoms with Crippen molar-refractivity contribution in [3.8, 4) is 0 Å². The van der Waals surface area contributed by atoms with Crippen LogP contribution in [0, 0.1) is 0 Å². The van der Waals surface area contributed by atoms with Crippen molar-refractivity contribution >= 4 is 35.0 Å². The van der Waals surface area contributed by atoms with Crippen LogP contribution in [0.5, 0.6) is 0 Å². The molecule has 1 unspecified atom stereocenters. The molecular weight excluding hydrogens is 309 g/mol. The van der Waals surface area contributed by atoms with E-state index in [2.05, 4.69) is 35.8 Å². The molecule has 1 nitrogen and oxygen atoms in total. The molecule has 0 radical (unpaired) electrons. The molecule has 20 heavy (non-hydrogen) atoms. The lowest BCUT2D eigenvalue weighted by atomic mass is 9.99. The number of benzene rings is 2. The molecule has 4 heteroatoms. The molecule has 0 heterocycles. The van der Waals surface area contributed by atoms with Gasteiger partial charge in [0.1, 0.15) is 0 Å². The molecule has 2 aromatic rings. The Labute approximate surface area is 134 Å². The van der Waals surface area contributed by atoms with Gasteiger partial charge in [0.15, 0.2) is 0 Å². The summed E-state index contributed by atoms with van der Waals surface area (Å²) in [6.45, 7) is 0. The number of rotatable bonds is 5. The first kappa shape index (κ1) is 15.7. The van der Waals surface area contributed by atoms with Gasteiger partial charge in [-0.05, 0) is 55.1 Å². The second kappa shape index (κ2) is 7.37. The Hall–Kier alpha value is -0.670. The lowest BCUT2D eigenvalue weighted by Crippen LogP contribution is -2.19. The smallest absolute Gasteiger partial charge is 0.0453 e. The highest BCUT2D eigenvalue weighted by Gasteiger charge is 2.14. The summed E-state index contributed by atoms with van der Waals surface area (Å²) in [5, 5.41) is 4.78. The highest BCUT2D eigenvalue weighted by Crippen LogP contribution is 2.29. The Bertz CT molecular complexity index is 549. The van der Waals surface area contributed by atoms with Crippen molar-refractivity contribution < 1.29 is 0 Å². The van der Waals surface area contributed by atoms with Crippen LogP contribution in [0.1, 0.15) is 17.2 Å². The van der Waals surface area contributed by atoms with Crippen molar-refractivity contribution in [2.24, 2.45) is 0 Å². The van der Waals surface area contributed by atoms with Crippen LogP contribution in [0.2, 0.25) is 10.0 Å². The number of thioether (sulfide) groups is 1. The molecule has 0 saturated carbocycles. The Balaban J connectivity index is 2.24. The van der Waals surface area contributed by atoms with Gasteiger partial charge in [-0.1, -0.05) is 41.4 Å². The van der Waals surface area contributed by atoms with Crippen molar-refractivity contribution in [1.82, 2.24) is 5.32 Å². The molecule has 0 saturated heterocycles. The van der Waals surface area contributed by atoms with E-state index in [-0.39, 0.29) is 6.04 Å². The summed E-state index contributed by atoms with van der Waals surface area (Å²) in [5.41, 5.74) is 2.23. The molecule has 0 aliphatic rings. The fourth-order valence-corrected chi connectivity index (χ4v) is 3.11. The van der Waals surface area contributed by atoms with E-state index in [1.807, 2.05) is 25.2 Å². The second-order valence-electron chi connectivity index (χ2n) is 4.52. The fraction of sp³-hybridized carbons (Fsp3) is 0.250. The number of likely N-dealkylation sites (N-methyl/N-ethyl adjacent to an activating group) is 1. The topological polar surface area (TPSA) is 12.0 Å². The molecule has 1 atom stereocenters. The van der Waals surface area contributed by atoms with Crippen molar-refractivity contribution in [3.05, 3.63) is 63.6 Å².